The molecule has 0 fully saturated rings. The minimum atomic E-state index is -0.670. The fourth-order valence-electron chi connectivity index (χ4n) is 1.63. The molecule has 2 aromatic carbocycles. The molecular formula is C15H13Cl2FN2O2. The van der Waals surface area contributed by atoms with Crippen LogP contribution in [0.15, 0.2) is 42.5 Å². The van der Waals surface area contributed by atoms with Gasteiger partial charge in [0, 0.05) is 5.02 Å². The first-order valence-corrected chi connectivity index (χ1v) is 7.19. The summed E-state index contributed by atoms with van der Waals surface area (Å²) >= 11 is 11.4. The zero-order valence-corrected chi connectivity index (χ0v) is 12.9. The van der Waals surface area contributed by atoms with Crippen LogP contribution < -0.4 is 15.4 Å². The van der Waals surface area contributed by atoms with E-state index >= 15 is 0 Å². The van der Waals surface area contributed by atoms with Gasteiger partial charge in [-0.2, -0.15) is 0 Å². The summed E-state index contributed by atoms with van der Waals surface area (Å²) < 4.78 is 19.0. The number of ether oxygens (including phenoxy) is 1. The van der Waals surface area contributed by atoms with E-state index in [1.165, 1.54) is 12.1 Å². The third-order valence-electron chi connectivity index (χ3n) is 2.67. The number of rotatable bonds is 5. The van der Waals surface area contributed by atoms with E-state index in [0.29, 0.717) is 10.8 Å². The van der Waals surface area contributed by atoms with Gasteiger partial charge in [0.15, 0.2) is 5.82 Å². The van der Waals surface area contributed by atoms with Crippen molar-refractivity contribution in [3.63, 3.8) is 0 Å². The Kier molecular flexibility index (Phi) is 5.86. The summed E-state index contributed by atoms with van der Waals surface area (Å²) in [7, 11) is 0. The molecule has 0 saturated heterocycles. The molecule has 0 atom stereocenters. The minimum Gasteiger partial charge on any atom is -0.492 e. The molecule has 7 heteroatoms. The molecule has 0 aliphatic carbocycles. The molecule has 0 saturated carbocycles. The second-order valence-corrected chi connectivity index (χ2v) is 5.13. The molecule has 0 radical (unpaired) electrons. The number of benzene rings is 2. The van der Waals surface area contributed by atoms with Crippen LogP contribution in [0.2, 0.25) is 10.0 Å². The van der Waals surface area contributed by atoms with Crippen molar-refractivity contribution < 1.29 is 13.9 Å². The lowest BCUT2D eigenvalue weighted by molar-refractivity contribution is 0.247. The summed E-state index contributed by atoms with van der Waals surface area (Å²) in [5.41, 5.74) is 0.0172. The number of halogens is 3. The van der Waals surface area contributed by atoms with Gasteiger partial charge in [0.05, 0.1) is 17.3 Å². The van der Waals surface area contributed by atoms with Gasteiger partial charge in [-0.05, 0) is 36.4 Å². The van der Waals surface area contributed by atoms with E-state index in [2.05, 4.69) is 10.6 Å². The van der Waals surface area contributed by atoms with Gasteiger partial charge in [-0.25, -0.2) is 9.18 Å². The molecule has 0 spiro atoms. The average Bonchev–Trinajstić information content (AvgIpc) is 2.50. The monoisotopic (exact) mass is 342 g/mol. The van der Waals surface area contributed by atoms with Gasteiger partial charge >= 0.3 is 6.03 Å². The van der Waals surface area contributed by atoms with Crippen molar-refractivity contribution in [3.05, 3.63) is 58.3 Å². The molecular weight excluding hydrogens is 330 g/mol. The zero-order valence-electron chi connectivity index (χ0n) is 11.4. The summed E-state index contributed by atoms with van der Waals surface area (Å²) in [5, 5.41) is 5.49. The van der Waals surface area contributed by atoms with Crippen molar-refractivity contribution in [2.45, 2.75) is 0 Å². The Hall–Kier alpha value is -1.98. The smallest absolute Gasteiger partial charge is 0.319 e. The number of hydrogen-bond acceptors (Lipinski definition) is 2. The first kappa shape index (κ1) is 16.4. The molecule has 0 aliphatic rings. The van der Waals surface area contributed by atoms with Crippen LogP contribution in [0, 0.1) is 5.82 Å². The van der Waals surface area contributed by atoms with Gasteiger partial charge in [-0.1, -0.05) is 29.3 Å². The second kappa shape index (κ2) is 7.87. The fourth-order valence-corrected chi connectivity index (χ4v) is 1.93. The second-order valence-electron chi connectivity index (χ2n) is 4.28. The van der Waals surface area contributed by atoms with Crippen molar-refractivity contribution in [1.82, 2.24) is 5.32 Å². The summed E-state index contributed by atoms with van der Waals surface area (Å²) in [6, 6.07) is 10.7. The molecule has 0 aliphatic heterocycles. The molecule has 2 N–H and O–H groups in total. The number of anilines is 1. The average molecular weight is 343 g/mol. The molecule has 2 aromatic rings. The van der Waals surface area contributed by atoms with Crippen LogP contribution in [0.25, 0.3) is 0 Å². The van der Waals surface area contributed by atoms with Gasteiger partial charge in [-0.15, -0.1) is 0 Å². The van der Waals surface area contributed by atoms with Gasteiger partial charge < -0.3 is 15.4 Å². The number of urea groups is 1. The Morgan fingerprint density at radius 1 is 1.14 bits per heavy atom. The minimum absolute atomic E-state index is 0.0172. The number of amides is 2. The first-order chi connectivity index (χ1) is 10.6. The third kappa shape index (κ3) is 4.79. The van der Waals surface area contributed by atoms with Crippen molar-refractivity contribution >= 4 is 34.9 Å². The maximum absolute atomic E-state index is 13.6. The topological polar surface area (TPSA) is 50.4 Å². The molecule has 2 amide bonds. The van der Waals surface area contributed by atoms with Crippen molar-refractivity contribution in [2.75, 3.05) is 18.5 Å². The third-order valence-corrected chi connectivity index (χ3v) is 3.21. The molecule has 0 aromatic heterocycles. The summed E-state index contributed by atoms with van der Waals surface area (Å²) in [4.78, 5) is 11.6. The molecule has 0 heterocycles. The lowest BCUT2D eigenvalue weighted by Crippen LogP contribution is -2.32. The van der Waals surface area contributed by atoms with Crippen LogP contribution in [0.5, 0.6) is 5.75 Å². The Morgan fingerprint density at radius 2 is 1.86 bits per heavy atom. The molecule has 0 bridgehead atoms. The maximum Gasteiger partial charge on any atom is 0.319 e. The molecule has 22 heavy (non-hydrogen) atoms. The highest BCUT2D eigenvalue weighted by Gasteiger charge is 2.08. The highest BCUT2D eigenvalue weighted by molar-refractivity contribution is 6.31. The van der Waals surface area contributed by atoms with Gasteiger partial charge in [-0.3, -0.25) is 0 Å². The molecule has 116 valence electrons. The van der Waals surface area contributed by atoms with E-state index < -0.39 is 11.8 Å². The summed E-state index contributed by atoms with van der Waals surface area (Å²) in [5.74, 6) is -0.0239. The number of carbonyl (C=O) groups excluding carboxylic acids is 1. The molecule has 4 nitrogen and oxygen atoms in total. The largest absolute Gasteiger partial charge is 0.492 e. The maximum atomic E-state index is 13.6. The van der Waals surface area contributed by atoms with Crippen LogP contribution in [-0.4, -0.2) is 19.2 Å². The Bertz CT molecular complexity index is 650. The van der Waals surface area contributed by atoms with Crippen LogP contribution in [-0.2, 0) is 0 Å². The van der Waals surface area contributed by atoms with E-state index in [0.717, 1.165) is 0 Å². The lowest BCUT2D eigenvalue weighted by atomic mass is 10.3. The first-order valence-electron chi connectivity index (χ1n) is 6.43. The number of hydrogen-bond donors (Lipinski definition) is 2. The van der Waals surface area contributed by atoms with Crippen LogP contribution in [0.4, 0.5) is 14.9 Å². The Balaban J connectivity index is 1.74. The fraction of sp³-hybridized carbons (Fsp3) is 0.133. The molecule has 0 unspecified atom stereocenters. The van der Waals surface area contributed by atoms with E-state index in [4.69, 9.17) is 27.9 Å². The van der Waals surface area contributed by atoms with E-state index in [1.54, 1.807) is 30.3 Å². The highest BCUT2D eigenvalue weighted by atomic mass is 35.5. The molecule has 2 rings (SSSR count). The predicted molar refractivity (Wildman–Crippen MR) is 85.4 cm³/mol. The van der Waals surface area contributed by atoms with Crippen LogP contribution >= 0.6 is 23.2 Å². The standard InChI is InChI=1S/C15H13Cl2FN2O2/c16-10-4-6-11(7-5-10)22-9-8-19-15(21)20-13-3-1-2-12(17)14(13)18/h1-7H,8-9H2,(H2,19,20,21). The van der Waals surface area contributed by atoms with Gasteiger partial charge in [0.1, 0.15) is 12.4 Å². The van der Waals surface area contributed by atoms with Crippen molar-refractivity contribution in [2.24, 2.45) is 0 Å². The van der Waals surface area contributed by atoms with Crippen LogP contribution in [0.3, 0.4) is 0 Å². The Morgan fingerprint density at radius 3 is 2.59 bits per heavy atom. The zero-order chi connectivity index (χ0) is 15.9. The van der Waals surface area contributed by atoms with E-state index in [1.807, 2.05) is 0 Å². The number of nitrogens with one attached hydrogen (secondary N) is 2. The Labute approximate surface area is 137 Å². The lowest BCUT2D eigenvalue weighted by Gasteiger charge is -2.10. The summed E-state index contributed by atoms with van der Waals surface area (Å²) in [6.45, 7) is 0.531. The number of carbonyl (C=O) groups is 1. The van der Waals surface area contributed by atoms with Crippen molar-refractivity contribution in [3.8, 4) is 5.75 Å². The summed E-state index contributed by atoms with van der Waals surface area (Å²) in [6.07, 6.45) is 0. The highest BCUT2D eigenvalue weighted by Crippen LogP contribution is 2.21. The van der Waals surface area contributed by atoms with E-state index in [9.17, 15) is 9.18 Å². The normalized spacial score (nSPS) is 10.1. The van der Waals surface area contributed by atoms with Crippen molar-refractivity contribution in [1.29, 1.82) is 0 Å². The SMILES string of the molecule is O=C(NCCOc1ccc(Cl)cc1)Nc1cccc(Cl)c1F. The quantitative estimate of drug-likeness (QED) is 0.794. The predicted octanol–water partition coefficient (Wildman–Crippen LogP) is 4.33. The van der Waals surface area contributed by atoms with Crippen LogP contribution in [0.1, 0.15) is 0 Å². The van der Waals surface area contributed by atoms with Gasteiger partial charge in [0.25, 0.3) is 0 Å². The van der Waals surface area contributed by atoms with Gasteiger partial charge in [0.2, 0.25) is 0 Å². The van der Waals surface area contributed by atoms with E-state index in [-0.39, 0.29) is 23.9 Å².